The largest absolute Gasteiger partial charge is 0.435 e. The van der Waals surface area contributed by atoms with Gasteiger partial charge in [0.2, 0.25) is 5.82 Å². The fourth-order valence-electron chi connectivity index (χ4n) is 1.36. The first-order valence-corrected chi connectivity index (χ1v) is 6.53. The van der Waals surface area contributed by atoms with Crippen LogP contribution >= 0.6 is 22.6 Å². The number of hydrogen-bond donors (Lipinski definition) is 2. The Morgan fingerprint density at radius 1 is 1.52 bits per heavy atom. The SMILES string of the molecule is N#CC(=CNc1ccc(OC(F)F)cc1I)c1nn[nH]n1. The predicted octanol–water partition coefficient (Wildman–Crippen LogP) is 2.38. The summed E-state index contributed by atoms with van der Waals surface area (Å²) in [5.41, 5.74) is 0.793. The maximum atomic E-state index is 12.1. The minimum Gasteiger partial charge on any atom is -0.435 e. The Kier molecular flexibility index (Phi) is 4.99. The molecule has 108 valence electrons. The molecule has 0 aliphatic heterocycles. The lowest BCUT2D eigenvalue weighted by Gasteiger charge is -2.08. The van der Waals surface area contributed by atoms with E-state index in [-0.39, 0.29) is 17.1 Å². The number of allylic oxidation sites excluding steroid dienone is 1. The van der Waals surface area contributed by atoms with E-state index in [1.165, 1.54) is 18.3 Å². The number of ether oxygens (including phenoxy) is 1. The van der Waals surface area contributed by atoms with Gasteiger partial charge in [-0.25, -0.2) is 0 Å². The third-order valence-corrected chi connectivity index (χ3v) is 3.14. The molecule has 0 saturated carbocycles. The average molecular weight is 404 g/mol. The van der Waals surface area contributed by atoms with E-state index in [1.807, 2.05) is 28.7 Å². The maximum Gasteiger partial charge on any atom is 0.387 e. The Balaban J connectivity index is 2.15. The second-order valence-corrected chi connectivity index (χ2v) is 4.73. The molecular weight excluding hydrogens is 397 g/mol. The van der Waals surface area contributed by atoms with Crippen molar-refractivity contribution in [2.24, 2.45) is 0 Å². The Bertz CT molecular complexity index is 683. The van der Waals surface area contributed by atoms with Gasteiger partial charge in [-0.3, -0.25) is 0 Å². The molecule has 0 aliphatic carbocycles. The molecule has 0 fully saturated rings. The molecule has 0 atom stereocenters. The van der Waals surface area contributed by atoms with Gasteiger partial charge in [0.15, 0.2) is 0 Å². The molecule has 10 heteroatoms. The van der Waals surface area contributed by atoms with E-state index in [9.17, 15) is 8.78 Å². The number of H-pyrrole nitrogens is 1. The highest BCUT2D eigenvalue weighted by molar-refractivity contribution is 14.1. The molecule has 0 unspecified atom stereocenters. The van der Waals surface area contributed by atoms with Crippen LogP contribution in [0.15, 0.2) is 24.4 Å². The van der Waals surface area contributed by atoms with E-state index < -0.39 is 6.61 Å². The monoisotopic (exact) mass is 404 g/mol. The number of halogens is 3. The highest BCUT2D eigenvalue weighted by atomic mass is 127. The van der Waals surface area contributed by atoms with Crippen molar-refractivity contribution in [3.8, 4) is 11.8 Å². The van der Waals surface area contributed by atoms with Crippen LogP contribution in [0.1, 0.15) is 5.82 Å². The first kappa shape index (κ1) is 15.1. The number of nitrogens with one attached hydrogen (secondary N) is 2. The molecule has 1 aromatic carbocycles. The van der Waals surface area contributed by atoms with Crippen molar-refractivity contribution in [3.63, 3.8) is 0 Å². The van der Waals surface area contributed by atoms with Crippen molar-refractivity contribution in [2.75, 3.05) is 5.32 Å². The molecule has 2 N–H and O–H groups in total. The third-order valence-electron chi connectivity index (χ3n) is 2.24. The summed E-state index contributed by atoms with van der Waals surface area (Å²) in [5, 5.41) is 24.8. The van der Waals surface area contributed by atoms with Crippen LogP contribution in [-0.4, -0.2) is 27.2 Å². The summed E-state index contributed by atoms with van der Waals surface area (Å²) < 4.78 is 29.1. The summed E-state index contributed by atoms with van der Waals surface area (Å²) >= 11 is 1.96. The Labute approximate surface area is 131 Å². The zero-order valence-electron chi connectivity index (χ0n) is 10.2. The van der Waals surface area contributed by atoms with Crippen molar-refractivity contribution in [1.82, 2.24) is 20.6 Å². The predicted molar refractivity (Wildman–Crippen MR) is 77.2 cm³/mol. The molecule has 0 radical (unpaired) electrons. The molecule has 7 nitrogen and oxygen atoms in total. The Hall–Kier alpha value is -2.29. The number of anilines is 1. The number of aromatic nitrogens is 4. The van der Waals surface area contributed by atoms with E-state index in [0.29, 0.717) is 9.26 Å². The van der Waals surface area contributed by atoms with Crippen LogP contribution < -0.4 is 10.1 Å². The van der Waals surface area contributed by atoms with E-state index in [1.54, 1.807) is 6.07 Å². The van der Waals surface area contributed by atoms with Crippen molar-refractivity contribution >= 4 is 33.9 Å². The van der Waals surface area contributed by atoms with Crippen LogP contribution in [0, 0.1) is 14.9 Å². The smallest absolute Gasteiger partial charge is 0.387 e. The van der Waals surface area contributed by atoms with Crippen LogP contribution in [0.2, 0.25) is 0 Å². The van der Waals surface area contributed by atoms with Gasteiger partial charge in [-0.2, -0.15) is 19.3 Å². The van der Waals surface area contributed by atoms with E-state index in [0.717, 1.165) is 0 Å². The number of hydrogen-bond acceptors (Lipinski definition) is 6. The second kappa shape index (κ2) is 6.93. The Morgan fingerprint density at radius 3 is 2.90 bits per heavy atom. The van der Waals surface area contributed by atoms with E-state index in [4.69, 9.17) is 5.26 Å². The average Bonchev–Trinajstić information content (AvgIpc) is 2.95. The second-order valence-electron chi connectivity index (χ2n) is 3.57. The van der Waals surface area contributed by atoms with Crippen LogP contribution in [0.5, 0.6) is 5.75 Å². The maximum absolute atomic E-state index is 12.1. The fraction of sp³-hybridized carbons (Fsp3) is 0.0909. The van der Waals surface area contributed by atoms with Gasteiger partial charge in [-0.15, -0.1) is 10.2 Å². The summed E-state index contributed by atoms with van der Waals surface area (Å²) in [5.74, 6) is 0.209. The quantitative estimate of drug-likeness (QED) is 0.587. The van der Waals surface area contributed by atoms with Crippen LogP contribution in [0.4, 0.5) is 14.5 Å². The molecule has 0 spiro atoms. The van der Waals surface area contributed by atoms with Gasteiger partial charge >= 0.3 is 6.61 Å². The molecule has 1 aromatic heterocycles. The van der Waals surface area contributed by atoms with Gasteiger partial charge in [0.05, 0.1) is 5.69 Å². The summed E-state index contributed by atoms with van der Waals surface area (Å²) in [7, 11) is 0. The summed E-state index contributed by atoms with van der Waals surface area (Å²) in [4.78, 5) is 0. The summed E-state index contributed by atoms with van der Waals surface area (Å²) in [6, 6.07) is 6.32. The van der Waals surface area contributed by atoms with E-state index in [2.05, 4.69) is 30.7 Å². The fourth-order valence-corrected chi connectivity index (χ4v) is 2.00. The minimum atomic E-state index is -2.87. The molecule has 1 heterocycles. The standard InChI is InChI=1S/C11H7F2IN6O/c12-11(13)21-7-1-2-9(8(14)3-7)16-5-6(4-15)10-17-19-20-18-10/h1-3,5,11,16H,(H,17,18,19,20). The molecular formula is C11H7F2IN6O. The lowest BCUT2D eigenvalue weighted by molar-refractivity contribution is -0.0498. The number of nitrogens with zero attached hydrogens (tertiary/aromatic N) is 4. The Morgan fingerprint density at radius 2 is 2.33 bits per heavy atom. The number of tetrazole rings is 1. The van der Waals surface area contributed by atoms with Gasteiger partial charge in [0, 0.05) is 9.77 Å². The zero-order valence-corrected chi connectivity index (χ0v) is 12.4. The van der Waals surface area contributed by atoms with Crippen LogP contribution in [-0.2, 0) is 0 Å². The first-order valence-electron chi connectivity index (χ1n) is 5.45. The van der Waals surface area contributed by atoms with Gasteiger partial charge in [0.25, 0.3) is 0 Å². The number of benzene rings is 1. The first-order chi connectivity index (χ1) is 10.1. The van der Waals surface area contributed by atoms with Crippen molar-refractivity contribution in [1.29, 1.82) is 5.26 Å². The topological polar surface area (TPSA) is 99.5 Å². The normalized spacial score (nSPS) is 11.3. The molecule has 0 amide bonds. The van der Waals surface area contributed by atoms with Crippen molar-refractivity contribution < 1.29 is 13.5 Å². The lowest BCUT2D eigenvalue weighted by Crippen LogP contribution is -2.02. The van der Waals surface area contributed by atoms with Gasteiger partial charge in [-0.1, -0.05) is 0 Å². The molecule has 0 aliphatic rings. The van der Waals surface area contributed by atoms with Crippen LogP contribution in [0.3, 0.4) is 0 Å². The molecule has 2 aromatic rings. The van der Waals surface area contributed by atoms with E-state index >= 15 is 0 Å². The third kappa shape index (κ3) is 4.09. The summed E-state index contributed by atoms with van der Waals surface area (Å²) in [6.45, 7) is -2.87. The highest BCUT2D eigenvalue weighted by Crippen LogP contribution is 2.25. The highest BCUT2D eigenvalue weighted by Gasteiger charge is 2.08. The van der Waals surface area contributed by atoms with Gasteiger partial charge < -0.3 is 10.1 Å². The van der Waals surface area contributed by atoms with Crippen molar-refractivity contribution in [2.45, 2.75) is 6.61 Å². The lowest BCUT2D eigenvalue weighted by atomic mass is 10.3. The molecule has 2 rings (SSSR count). The number of rotatable bonds is 5. The number of nitriles is 1. The molecule has 0 saturated heterocycles. The number of aromatic amines is 1. The van der Waals surface area contributed by atoms with Gasteiger partial charge in [0.1, 0.15) is 17.4 Å². The zero-order chi connectivity index (χ0) is 15.2. The molecule has 0 bridgehead atoms. The van der Waals surface area contributed by atoms with Gasteiger partial charge in [-0.05, 0) is 46.0 Å². The van der Waals surface area contributed by atoms with Crippen LogP contribution in [0.25, 0.3) is 5.57 Å². The minimum absolute atomic E-state index is 0.0580. The summed E-state index contributed by atoms with van der Waals surface area (Å²) in [6.07, 6.45) is 1.40. The number of alkyl halides is 2. The van der Waals surface area contributed by atoms with Crippen molar-refractivity contribution in [3.05, 3.63) is 33.8 Å². The molecule has 21 heavy (non-hydrogen) atoms.